The SMILES string of the molecule is CCCC(C)(O)CNS(=O)(=O)c1cc(C(=O)O)ccc1Br. The number of halogens is 1. The fourth-order valence-corrected chi connectivity index (χ4v) is 3.95. The summed E-state index contributed by atoms with van der Waals surface area (Å²) in [5, 5.41) is 18.9. The monoisotopic (exact) mass is 379 g/mol. The summed E-state index contributed by atoms with van der Waals surface area (Å²) in [7, 11) is -3.92. The number of aliphatic hydroxyl groups is 1. The first kappa shape index (κ1) is 18.1. The van der Waals surface area contributed by atoms with E-state index in [1.165, 1.54) is 12.1 Å². The quantitative estimate of drug-likeness (QED) is 0.671. The molecule has 1 aromatic rings. The van der Waals surface area contributed by atoms with Gasteiger partial charge in [-0.3, -0.25) is 0 Å². The second-order valence-corrected chi connectivity index (χ2v) is 7.61. The van der Waals surface area contributed by atoms with Gasteiger partial charge in [-0.15, -0.1) is 0 Å². The first-order valence-corrected chi connectivity index (χ1v) is 8.61. The smallest absolute Gasteiger partial charge is 0.335 e. The zero-order chi connectivity index (χ0) is 16.3. The van der Waals surface area contributed by atoms with E-state index in [4.69, 9.17) is 5.11 Å². The van der Waals surface area contributed by atoms with E-state index in [1.807, 2.05) is 6.92 Å². The Kier molecular flexibility index (Phi) is 5.92. The Hall–Kier alpha value is -0.960. The molecule has 0 aromatic heterocycles. The summed E-state index contributed by atoms with van der Waals surface area (Å²) in [6.07, 6.45) is 1.17. The lowest BCUT2D eigenvalue weighted by atomic mass is 10.0. The molecule has 0 heterocycles. The van der Waals surface area contributed by atoms with Crippen molar-refractivity contribution in [2.24, 2.45) is 0 Å². The third-order valence-corrected chi connectivity index (χ3v) is 5.29. The number of hydrogen-bond donors (Lipinski definition) is 3. The minimum Gasteiger partial charge on any atom is -0.478 e. The Morgan fingerprint density at radius 2 is 2.05 bits per heavy atom. The number of carboxylic acids is 1. The fourth-order valence-electron chi connectivity index (χ4n) is 1.80. The Morgan fingerprint density at radius 3 is 2.57 bits per heavy atom. The lowest BCUT2D eigenvalue weighted by Gasteiger charge is -2.23. The van der Waals surface area contributed by atoms with Crippen molar-refractivity contribution in [3.63, 3.8) is 0 Å². The molecular weight excluding hydrogens is 362 g/mol. The highest BCUT2D eigenvalue weighted by Gasteiger charge is 2.25. The number of carboxylic acid groups (broad SMARTS) is 1. The van der Waals surface area contributed by atoms with Crippen LogP contribution in [0.1, 0.15) is 37.0 Å². The van der Waals surface area contributed by atoms with Crippen molar-refractivity contribution in [2.75, 3.05) is 6.54 Å². The fraction of sp³-hybridized carbons (Fsp3) is 0.462. The van der Waals surface area contributed by atoms with Crippen molar-refractivity contribution < 1.29 is 23.4 Å². The van der Waals surface area contributed by atoms with E-state index >= 15 is 0 Å². The lowest BCUT2D eigenvalue weighted by molar-refractivity contribution is 0.0554. The van der Waals surface area contributed by atoms with E-state index in [2.05, 4.69) is 20.7 Å². The highest BCUT2D eigenvalue weighted by Crippen LogP contribution is 2.23. The largest absolute Gasteiger partial charge is 0.478 e. The van der Waals surface area contributed by atoms with Crippen molar-refractivity contribution in [1.82, 2.24) is 4.72 Å². The van der Waals surface area contributed by atoms with Crippen LogP contribution < -0.4 is 4.72 Å². The Bertz CT molecular complexity index is 627. The first-order valence-electron chi connectivity index (χ1n) is 6.34. The molecule has 6 nitrogen and oxygen atoms in total. The van der Waals surface area contributed by atoms with Gasteiger partial charge in [-0.1, -0.05) is 13.3 Å². The maximum atomic E-state index is 12.2. The van der Waals surface area contributed by atoms with E-state index in [0.717, 1.165) is 6.07 Å². The predicted molar refractivity (Wildman–Crippen MR) is 81.8 cm³/mol. The van der Waals surface area contributed by atoms with Gasteiger partial charge < -0.3 is 10.2 Å². The van der Waals surface area contributed by atoms with Gasteiger partial charge in [0.2, 0.25) is 10.0 Å². The molecule has 1 atom stereocenters. The number of benzene rings is 1. The molecule has 3 N–H and O–H groups in total. The molecule has 21 heavy (non-hydrogen) atoms. The molecule has 1 rings (SSSR count). The molecule has 0 fully saturated rings. The average Bonchev–Trinajstić information content (AvgIpc) is 2.36. The second kappa shape index (κ2) is 6.87. The third-order valence-electron chi connectivity index (χ3n) is 2.90. The summed E-state index contributed by atoms with van der Waals surface area (Å²) in [4.78, 5) is 10.8. The molecule has 8 heteroatoms. The van der Waals surface area contributed by atoms with Crippen LogP contribution in [0.25, 0.3) is 0 Å². The third kappa shape index (κ3) is 5.06. The molecule has 0 bridgehead atoms. The standard InChI is InChI=1S/C13H18BrNO5S/c1-3-6-13(2,18)8-15-21(19,20)11-7-9(12(16)17)4-5-10(11)14/h4-5,7,15,18H,3,6,8H2,1-2H3,(H,16,17). The number of sulfonamides is 1. The van der Waals surface area contributed by atoms with E-state index in [1.54, 1.807) is 6.92 Å². The average molecular weight is 380 g/mol. The molecule has 0 aliphatic carbocycles. The zero-order valence-corrected chi connectivity index (χ0v) is 14.2. The number of carbonyl (C=O) groups is 1. The van der Waals surface area contributed by atoms with Crippen LogP contribution in [0.5, 0.6) is 0 Å². The Labute approximate surface area is 132 Å². The summed E-state index contributed by atoms with van der Waals surface area (Å²) in [6, 6.07) is 3.74. The molecule has 0 radical (unpaired) electrons. The van der Waals surface area contributed by atoms with Crippen LogP contribution in [0.4, 0.5) is 0 Å². The van der Waals surface area contributed by atoms with Crippen LogP contribution in [0.2, 0.25) is 0 Å². The van der Waals surface area contributed by atoms with Gasteiger partial charge in [0.05, 0.1) is 16.1 Å². The summed E-state index contributed by atoms with van der Waals surface area (Å²) in [5.41, 5.74) is -1.28. The molecular formula is C13H18BrNO5S. The van der Waals surface area contributed by atoms with Gasteiger partial charge in [0.1, 0.15) is 0 Å². The van der Waals surface area contributed by atoms with Crippen LogP contribution in [0.15, 0.2) is 27.6 Å². The highest BCUT2D eigenvalue weighted by atomic mass is 79.9. The van der Waals surface area contributed by atoms with E-state index in [0.29, 0.717) is 12.8 Å². The van der Waals surface area contributed by atoms with Crippen LogP contribution in [0, 0.1) is 0 Å². The highest BCUT2D eigenvalue weighted by molar-refractivity contribution is 9.10. The van der Waals surface area contributed by atoms with Crippen LogP contribution in [-0.4, -0.2) is 36.7 Å². The van der Waals surface area contributed by atoms with Gasteiger partial charge in [-0.05, 0) is 47.5 Å². The van der Waals surface area contributed by atoms with Gasteiger partial charge in [-0.2, -0.15) is 0 Å². The molecule has 0 saturated heterocycles. The molecule has 0 aliphatic rings. The molecule has 0 amide bonds. The Balaban J connectivity index is 3.03. The molecule has 0 saturated carbocycles. The molecule has 1 aromatic carbocycles. The number of hydrogen-bond acceptors (Lipinski definition) is 4. The van der Waals surface area contributed by atoms with Gasteiger partial charge in [-0.25, -0.2) is 17.9 Å². The predicted octanol–water partition coefficient (Wildman–Crippen LogP) is 1.98. The minimum atomic E-state index is -3.92. The van der Waals surface area contributed by atoms with E-state index < -0.39 is 21.6 Å². The maximum Gasteiger partial charge on any atom is 0.335 e. The molecule has 0 aliphatic heterocycles. The summed E-state index contributed by atoms with van der Waals surface area (Å²) in [5.74, 6) is -1.21. The van der Waals surface area contributed by atoms with E-state index in [9.17, 15) is 18.3 Å². The van der Waals surface area contributed by atoms with Crippen LogP contribution in [-0.2, 0) is 10.0 Å². The summed E-state index contributed by atoms with van der Waals surface area (Å²) < 4.78 is 27.0. The van der Waals surface area contributed by atoms with Gasteiger partial charge in [0.25, 0.3) is 0 Å². The maximum absolute atomic E-state index is 12.2. The van der Waals surface area contributed by atoms with Crippen molar-refractivity contribution in [1.29, 1.82) is 0 Å². The first-order chi connectivity index (χ1) is 9.59. The van der Waals surface area contributed by atoms with Crippen LogP contribution in [0.3, 0.4) is 0 Å². The van der Waals surface area contributed by atoms with Crippen molar-refractivity contribution >= 4 is 31.9 Å². The summed E-state index contributed by atoms with van der Waals surface area (Å²) in [6.45, 7) is 3.28. The van der Waals surface area contributed by atoms with Crippen LogP contribution >= 0.6 is 15.9 Å². The number of rotatable bonds is 7. The number of nitrogens with one attached hydrogen (secondary N) is 1. The topological polar surface area (TPSA) is 104 Å². The van der Waals surface area contributed by atoms with Crippen molar-refractivity contribution in [2.45, 2.75) is 37.2 Å². The molecule has 1 unspecified atom stereocenters. The lowest BCUT2D eigenvalue weighted by Crippen LogP contribution is -2.40. The summed E-state index contributed by atoms with van der Waals surface area (Å²) >= 11 is 3.09. The van der Waals surface area contributed by atoms with E-state index in [-0.39, 0.29) is 21.5 Å². The van der Waals surface area contributed by atoms with Gasteiger partial charge in [0.15, 0.2) is 0 Å². The van der Waals surface area contributed by atoms with Gasteiger partial charge >= 0.3 is 5.97 Å². The van der Waals surface area contributed by atoms with Crippen molar-refractivity contribution in [3.05, 3.63) is 28.2 Å². The second-order valence-electron chi connectivity index (χ2n) is 5.02. The Morgan fingerprint density at radius 1 is 1.43 bits per heavy atom. The normalized spacial score (nSPS) is 14.7. The molecule has 0 spiro atoms. The zero-order valence-electron chi connectivity index (χ0n) is 11.8. The van der Waals surface area contributed by atoms with Crippen molar-refractivity contribution in [3.8, 4) is 0 Å². The molecule has 118 valence electrons. The number of aromatic carboxylic acids is 1. The van der Waals surface area contributed by atoms with Gasteiger partial charge in [0, 0.05) is 11.0 Å². The minimum absolute atomic E-state index is 0.126.